The SMILES string of the molecule is CC(C)=CCc1c(O)ccc(C(=O)[C@@H]2[C@H](c3c(O)cc4c(c3O)C(=O)[C@@]3(O)Oc5cc(O)ccc5[C@@]3(CC=C(C)C)O4)C=C(C)C[C@H]2c2ccc(O)cc2O)c1O. The highest BCUT2D eigenvalue weighted by molar-refractivity contribution is 6.09. The first-order valence-electron chi connectivity index (χ1n) is 18.5. The lowest BCUT2D eigenvalue weighted by molar-refractivity contribution is -0.201. The fraction of sp³-hybridized carbons (Fsp3) is 0.289. The molecule has 0 amide bonds. The number of Topliss-reactive ketones (excluding diaryl/α,β-unsaturated/α-hetero) is 2. The van der Waals surface area contributed by atoms with Gasteiger partial charge in [-0.2, -0.15) is 0 Å². The number of benzene rings is 4. The molecule has 1 aliphatic carbocycles. The molecular weight excluding hydrogens is 732 g/mol. The van der Waals surface area contributed by atoms with Crippen LogP contribution in [0.25, 0.3) is 0 Å². The Kier molecular flexibility index (Phi) is 9.52. The van der Waals surface area contributed by atoms with Crippen LogP contribution in [-0.4, -0.2) is 58.2 Å². The molecule has 0 fully saturated rings. The third-order valence-corrected chi connectivity index (χ3v) is 11.2. The maximum atomic E-state index is 15.0. The van der Waals surface area contributed by atoms with Crippen LogP contribution < -0.4 is 9.47 Å². The Morgan fingerprint density at radius 2 is 1.47 bits per heavy atom. The Morgan fingerprint density at radius 3 is 2.16 bits per heavy atom. The van der Waals surface area contributed by atoms with Gasteiger partial charge in [0.1, 0.15) is 57.3 Å². The molecule has 12 heteroatoms. The Hall–Kier alpha value is -6.40. The van der Waals surface area contributed by atoms with Gasteiger partial charge in [-0.3, -0.25) is 9.59 Å². The largest absolute Gasteiger partial charge is 0.508 e. The average Bonchev–Trinajstić information content (AvgIpc) is 3.37. The van der Waals surface area contributed by atoms with E-state index in [1.54, 1.807) is 25.2 Å². The van der Waals surface area contributed by atoms with E-state index < -0.39 is 63.5 Å². The summed E-state index contributed by atoms with van der Waals surface area (Å²) in [6.07, 6.45) is 5.37. The van der Waals surface area contributed by atoms with Gasteiger partial charge in [0.2, 0.25) is 11.4 Å². The summed E-state index contributed by atoms with van der Waals surface area (Å²) in [6.45, 7) is 9.08. The van der Waals surface area contributed by atoms with E-state index in [0.717, 1.165) is 23.3 Å². The second-order valence-electron chi connectivity index (χ2n) is 15.6. The molecule has 7 rings (SSSR count). The molecule has 2 heterocycles. The topological polar surface area (TPSA) is 214 Å². The quantitative estimate of drug-likeness (QED) is 0.0637. The minimum atomic E-state index is -2.76. The smallest absolute Gasteiger partial charge is 0.318 e. The monoisotopic (exact) mass is 776 g/mol. The van der Waals surface area contributed by atoms with E-state index in [4.69, 9.17) is 9.47 Å². The zero-order valence-corrected chi connectivity index (χ0v) is 32.0. The minimum absolute atomic E-state index is 0.0320. The summed E-state index contributed by atoms with van der Waals surface area (Å²) in [7, 11) is 0. The second kappa shape index (κ2) is 14.0. The van der Waals surface area contributed by atoms with Crippen molar-refractivity contribution in [2.24, 2.45) is 5.92 Å². The number of hydrogen-bond donors (Lipinski definition) is 8. The third kappa shape index (κ3) is 6.20. The molecule has 2 aliphatic heterocycles. The lowest BCUT2D eigenvalue weighted by atomic mass is 9.65. The maximum Gasteiger partial charge on any atom is 0.318 e. The molecule has 0 radical (unpaired) electrons. The molecule has 5 atom stereocenters. The number of carbonyl (C=O) groups is 2. The van der Waals surface area contributed by atoms with Gasteiger partial charge in [0.05, 0.1) is 5.56 Å². The zero-order valence-electron chi connectivity index (χ0n) is 32.0. The van der Waals surface area contributed by atoms with Crippen LogP contribution in [0.2, 0.25) is 0 Å². The summed E-state index contributed by atoms with van der Waals surface area (Å²) >= 11 is 0. The van der Waals surface area contributed by atoms with Gasteiger partial charge in [0.25, 0.3) is 0 Å². The van der Waals surface area contributed by atoms with Gasteiger partial charge in [-0.1, -0.05) is 41.0 Å². The van der Waals surface area contributed by atoms with Crippen molar-refractivity contribution >= 4 is 11.6 Å². The van der Waals surface area contributed by atoms with Crippen molar-refractivity contribution in [1.29, 1.82) is 0 Å². The number of fused-ring (bicyclic) bond motifs is 4. The van der Waals surface area contributed by atoms with Crippen molar-refractivity contribution in [2.75, 3.05) is 0 Å². The Labute approximate surface area is 328 Å². The van der Waals surface area contributed by atoms with Crippen LogP contribution >= 0.6 is 0 Å². The molecule has 3 aliphatic rings. The van der Waals surface area contributed by atoms with E-state index in [2.05, 4.69) is 0 Å². The van der Waals surface area contributed by atoms with Crippen LogP contribution in [0.3, 0.4) is 0 Å². The summed E-state index contributed by atoms with van der Waals surface area (Å²) in [6, 6.07) is 11.7. The van der Waals surface area contributed by atoms with Crippen LogP contribution in [0, 0.1) is 5.92 Å². The number of hydrogen-bond acceptors (Lipinski definition) is 12. The van der Waals surface area contributed by atoms with Crippen LogP contribution in [-0.2, 0) is 12.0 Å². The number of ether oxygens (including phenoxy) is 2. The number of rotatable bonds is 8. The zero-order chi connectivity index (χ0) is 41.3. The number of phenols is 7. The van der Waals surface area contributed by atoms with Gasteiger partial charge in [0.15, 0.2) is 5.78 Å². The summed E-state index contributed by atoms with van der Waals surface area (Å²) in [5.41, 5.74) is 0.120. The molecule has 8 N–H and O–H groups in total. The highest BCUT2D eigenvalue weighted by Crippen LogP contribution is 2.61. The fourth-order valence-electron chi connectivity index (χ4n) is 8.45. The summed E-state index contributed by atoms with van der Waals surface area (Å²) < 4.78 is 12.4. The molecule has 296 valence electrons. The average molecular weight is 777 g/mol. The Morgan fingerprint density at radius 1 is 0.789 bits per heavy atom. The standard InChI is InChI=1S/C45H44O12/c1-21(2)6-9-27-32(48)13-11-28(40(27)51)41(52)37-29(26-10-7-24(46)18-33(26)49)16-23(5)17-30(37)38-34(50)20-36-39(42(38)53)43(54)45(55)44(56-36,15-14-22(3)4)31-12-8-25(47)19-35(31)57-45/h6-8,10-14,17-20,29-30,37,46-51,53,55H,9,15-16H2,1-5H3/t29-,30+,37-,44+,45+/m0/s1. The van der Waals surface area contributed by atoms with Crippen LogP contribution in [0.5, 0.6) is 51.7 Å². The Bertz CT molecular complexity index is 2450. The van der Waals surface area contributed by atoms with Crippen LogP contribution in [0.4, 0.5) is 0 Å². The normalized spacial score (nSPS) is 23.2. The van der Waals surface area contributed by atoms with Gasteiger partial charge >= 0.3 is 5.79 Å². The summed E-state index contributed by atoms with van der Waals surface area (Å²) in [5.74, 6) is -11.1. The molecule has 4 aromatic rings. The van der Waals surface area contributed by atoms with Crippen molar-refractivity contribution in [2.45, 2.75) is 77.1 Å². The van der Waals surface area contributed by atoms with Crippen LogP contribution in [0.1, 0.15) is 102 Å². The van der Waals surface area contributed by atoms with Gasteiger partial charge < -0.3 is 50.3 Å². The first kappa shape index (κ1) is 38.9. The molecule has 0 bridgehead atoms. The molecular formula is C45H44O12. The van der Waals surface area contributed by atoms with E-state index in [-0.39, 0.29) is 81.6 Å². The van der Waals surface area contributed by atoms with Gasteiger partial charge in [0, 0.05) is 59.1 Å². The number of ketones is 2. The number of carbonyl (C=O) groups excluding carboxylic acids is 2. The van der Waals surface area contributed by atoms with E-state index in [1.807, 2.05) is 27.7 Å². The van der Waals surface area contributed by atoms with Crippen molar-refractivity contribution < 1.29 is 59.9 Å². The Balaban J connectivity index is 1.43. The van der Waals surface area contributed by atoms with Gasteiger partial charge in [-0.25, -0.2) is 0 Å². The second-order valence-corrected chi connectivity index (χ2v) is 15.6. The molecule has 0 saturated carbocycles. The molecule has 0 saturated heterocycles. The summed E-state index contributed by atoms with van der Waals surface area (Å²) in [5, 5.41) is 90.1. The highest BCUT2D eigenvalue weighted by atomic mass is 16.7. The van der Waals surface area contributed by atoms with Gasteiger partial charge in [-0.05, 0) is 83.4 Å². The lowest BCUT2D eigenvalue weighted by Crippen LogP contribution is -2.62. The maximum absolute atomic E-state index is 15.0. The van der Waals surface area contributed by atoms with Crippen molar-refractivity contribution in [3.63, 3.8) is 0 Å². The third-order valence-electron chi connectivity index (χ3n) is 11.2. The van der Waals surface area contributed by atoms with E-state index in [9.17, 15) is 45.6 Å². The van der Waals surface area contributed by atoms with Crippen molar-refractivity contribution in [3.8, 4) is 51.7 Å². The lowest BCUT2D eigenvalue weighted by Gasteiger charge is -2.43. The molecule has 0 aromatic heterocycles. The number of aliphatic hydroxyl groups is 1. The summed E-state index contributed by atoms with van der Waals surface area (Å²) in [4.78, 5) is 29.7. The first-order chi connectivity index (χ1) is 26.9. The van der Waals surface area contributed by atoms with E-state index >= 15 is 4.79 Å². The predicted octanol–water partition coefficient (Wildman–Crippen LogP) is 7.76. The van der Waals surface area contributed by atoms with E-state index in [1.165, 1.54) is 42.5 Å². The highest BCUT2D eigenvalue weighted by Gasteiger charge is 2.70. The van der Waals surface area contributed by atoms with Crippen molar-refractivity contribution in [3.05, 3.63) is 123 Å². The first-order valence-corrected chi connectivity index (χ1v) is 18.5. The molecule has 0 spiro atoms. The van der Waals surface area contributed by atoms with Crippen molar-refractivity contribution in [1.82, 2.24) is 0 Å². The molecule has 12 nitrogen and oxygen atoms in total. The molecule has 0 unspecified atom stereocenters. The predicted molar refractivity (Wildman–Crippen MR) is 208 cm³/mol. The fourth-order valence-corrected chi connectivity index (χ4v) is 8.45. The van der Waals surface area contributed by atoms with E-state index in [0.29, 0.717) is 5.57 Å². The minimum Gasteiger partial charge on any atom is -0.508 e. The number of phenolic OH excluding ortho intramolecular Hbond substituents is 7. The van der Waals surface area contributed by atoms with Gasteiger partial charge in [-0.15, -0.1) is 0 Å². The molecule has 57 heavy (non-hydrogen) atoms. The number of allylic oxidation sites excluding steroid dienone is 5. The molecule has 4 aromatic carbocycles. The van der Waals surface area contributed by atoms with Crippen LogP contribution in [0.15, 0.2) is 89.5 Å². The number of aromatic hydroxyl groups is 7.